The predicted octanol–water partition coefficient (Wildman–Crippen LogP) is 0.892. The van der Waals surface area contributed by atoms with E-state index in [1.165, 1.54) is 0 Å². The van der Waals surface area contributed by atoms with Gasteiger partial charge in [-0.15, -0.1) is 0 Å². The van der Waals surface area contributed by atoms with Crippen molar-refractivity contribution in [3.8, 4) is 0 Å². The number of anilines is 1. The molecule has 1 aromatic heterocycles. The predicted molar refractivity (Wildman–Crippen MR) is 61.2 cm³/mol. The van der Waals surface area contributed by atoms with E-state index in [9.17, 15) is 0 Å². The molecule has 0 spiro atoms. The zero-order chi connectivity index (χ0) is 10.8. The molecule has 1 saturated heterocycles. The van der Waals surface area contributed by atoms with Gasteiger partial charge in [0.05, 0.1) is 0 Å². The Morgan fingerprint density at radius 3 is 2.60 bits per heavy atom. The molecule has 0 aromatic carbocycles. The van der Waals surface area contributed by atoms with E-state index in [1.807, 2.05) is 19.9 Å². The second-order valence-electron chi connectivity index (χ2n) is 4.25. The molecule has 1 aromatic rings. The zero-order valence-electron chi connectivity index (χ0n) is 9.62. The fourth-order valence-electron chi connectivity index (χ4n) is 1.96. The van der Waals surface area contributed by atoms with Gasteiger partial charge in [0.15, 0.2) is 0 Å². The monoisotopic (exact) mass is 206 g/mol. The average Bonchev–Trinajstić information content (AvgIpc) is 2.16. The average molecular weight is 206 g/mol. The van der Waals surface area contributed by atoms with Crippen LogP contribution in [-0.4, -0.2) is 35.6 Å². The number of nitrogens with zero attached hydrogens (tertiary/aromatic N) is 3. The summed E-state index contributed by atoms with van der Waals surface area (Å²) >= 11 is 0. The maximum Gasteiger partial charge on any atom is 0.225 e. The van der Waals surface area contributed by atoms with Crippen molar-refractivity contribution in [3.05, 3.63) is 17.5 Å². The van der Waals surface area contributed by atoms with E-state index in [0.717, 1.165) is 37.0 Å². The molecule has 1 atom stereocenters. The minimum Gasteiger partial charge on any atom is -0.338 e. The maximum absolute atomic E-state index is 4.48. The smallest absolute Gasteiger partial charge is 0.225 e. The zero-order valence-corrected chi connectivity index (χ0v) is 9.62. The molecule has 15 heavy (non-hydrogen) atoms. The summed E-state index contributed by atoms with van der Waals surface area (Å²) in [5, 5.41) is 3.41. The lowest BCUT2D eigenvalue weighted by Gasteiger charge is -2.32. The number of hydrogen-bond acceptors (Lipinski definition) is 4. The topological polar surface area (TPSA) is 41.1 Å². The molecule has 0 aliphatic carbocycles. The minimum atomic E-state index is 0.517. The maximum atomic E-state index is 4.48. The van der Waals surface area contributed by atoms with Crippen LogP contribution in [0.15, 0.2) is 6.07 Å². The highest BCUT2D eigenvalue weighted by Gasteiger charge is 2.18. The van der Waals surface area contributed by atoms with Gasteiger partial charge in [-0.05, 0) is 26.8 Å². The van der Waals surface area contributed by atoms with Crippen LogP contribution >= 0.6 is 0 Å². The minimum absolute atomic E-state index is 0.517. The number of piperazine rings is 1. The van der Waals surface area contributed by atoms with Gasteiger partial charge in [0.2, 0.25) is 5.95 Å². The van der Waals surface area contributed by atoms with Gasteiger partial charge in [0.1, 0.15) is 0 Å². The molecule has 2 rings (SSSR count). The Bertz CT molecular complexity index is 330. The van der Waals surface area contributed by atoms with Crippen molar-refractivity contribution in [3.63, 3.8) is 0 Å². The van der Waals surface area contributed by atoms with Crippen molar-refractivity contribution in [1.29, 1.82) is 0 Å². The van der Waals surface area contributed by atoms with Crippen molar-refractivity contribution in [2.45, 2.75) is 26.8 Å². The van der Waals surface area contributed by atoms with Crippen molar-refractivity contribution < 1.29 is 0 Å². The van der Waals surface area contributed by atoms with E-state index < -0.39 is 0 Å². The molecule has 0 radical (unpaired) electrons. The highest BCUT2D eigenvalue weighted by atomic mass is 15.3. The summed E-state index contributed by atoms with van der Waals surface area (Å²) < 4.78 is 0. The first kappa shape index (κ1) is 10.4. The Kier molecular flexibility index (Phi) is 2.86. The van der Waals surface area contributed by atoms with E-state index in [-0.39, 0.29) is 0 Å². The number of nitrogens with one attached hydrogen (secondary N) is 1. The molecule has 4 nitrogen and oxygen atoms in total. The molecule has 1 aliphatic rings. The Labute approximate surface area is 90.7 Å². The third kappa shape index (κ3) is 2.45. The quantitative estimate of drug-likeness (QED) is 0.741. The summed E-state index contributed by atoms with van der Waals surface area (Å²) in [4.78, 5) is 11.2. The summed E-state index contributed by atoms with van der Waals surface area (Å²) in [5.41, 5.74) is 2.09. The molecule has 82 valence electrons. The number of rotatable bonds is 1. The van der Waals surface area contributed by atoms with Gasteiger partial charge < -0.3 is 10.2 Å². The fourth-order valence-corrected chi connectivity index (χ4v) is 1.96. The standard InChI is InChI=1S/C11H18N4/c1-8-6-9(2)14-11(13-8)15-5-4-12-10(3)7-15/h6,10,12H,4-5,7H2,1-3H3. The van der Waals surface area contributed by atoms with Crippen LogP contribution in [0.2, 0.25) is 0 Å². The Balaban J connectivity index is 2.20. The van der Waals surface area contributed by atoms with Crippen LogP contribution in [0.25, 0.3) is 0 Å². The lowest BCUT2D eigenvalue weighted by molar-refractivity contribution is 0.479. The van der Waals surface area contributed by atoms with Gasteiger partial charge >= 0.3 is 0 Å². The van der Waals surface area contributed by atoms with Gasteiger partial charge in [-0.3, -0.25) is 0 Å². The molecule has 1 aliphatic heterocycles. The van der Waals surface area contributed by atoms with Gasteiger partial charge in [-0.1, -0.05) is 0 Å². The lowest BCUT2D eigenvalue weighted by Crippen LogP contribution is -2.49. The highest BCUT2D eigenvalue weighted by molar-refractivity contribution is 5.33. The van der Waals surface area contributed by atoms with Gasteiger partial charge in [-0.25, -0.2) is 9.97 Å². The van der Waals surface area contributed by atoms with Crippen molar-refractivity contribution in [2.75, 3.05) is 24.5 Å². The largest absolute Gasteiger partial charge is 0.338 e. The summed E-state index contributed by atoms with van der Waals surface area (Å²) in [6.07, 6.45) is 0. The Hall–Kier alpha value is -1.16. The number of hydrogen-bond donors (Lipinski definition) is 1. The van der Waals surface area contributed by atoms with Gasteiger partial charge in [-0.2, -0.15) is 0 Å². The van der Waals surface area contributed by atoms with Gasteiger partial charge in [0, 0.05) is 37.1 Å². The van der Waals surface area contributed by atoms with Crippen LogP contribution in [0, 0.1) is 13.8 Å². The first-order valence-electron chi connectivity index (χ1n) is 5.46. The van der Waals surface area contributed by atoms with Crippen molar-refractivity contribution >= 4 is 5.95 Å². The first-order chi connectivity index (χ1) is 7.15. The lowest BCUT2D eigenvalue weighted by atomic mass is 10.2. The second kappa shape index (κ2) is 4.14. The van der Waals surface area contributed by atoms with Crippen LogP contribution < -0.4 is 10.2 Å². The van der Waals surface area contributed by atoms with Crippen LogP contribution in [-0.2, 0) is 0 Å². The van der Waals surface area contributed by atoms with Crippen molar-refractivity contribution in [1.82, 2.24) is 15.3 Å². The summed E-state index contributed by atoms with van der Waals surface area (Å²) in [5.74, 6) is 0.876. The summed E-state index contributed by atoms with van der Waals surface area (Å²) in [6.45, 7) is 9.22. The molecule has 1 fully saturated rings. The number of aryl methyl sites for hydroxylation is 2. The number of aromatic nitrogens is 2. The molecule has 0 saturated carbocycles. The first-order valence-corrected chi connectivity index (χ1v) is 5.46. The van der Waals surface area contributed by atoms with E-state index >= 15 is 0 Å². The van der Waals surface area contributed by atoms with Crippen LogP contribution in [0.3, 0.4) is 0 Å². The van der Waals surface area contributed by atoms with E-state index in [1.54, 1.807) is 0 Å². The van der Waals surface area contributed by atoms with Gasteiger partial charge in [0.25, 0.3) is 0 Å². The van der Waals surface area contributed by atoms with Crippen LogP contribution in [0.4, 0.5) is 5.95 Å². The molecule has 1 unspecified atom stereocenters. The SMILES string of the molecule is Cc1cc(C)nc(N2CCNC(C)C2)n1. The summed E-state index contributed by atoms with van der Waals surface area (Å²) in [6, 6.07) is 2.53. The van der Waals surface area contributed by atoms with Crippen LogP contribution in [0.1, 0.15) is 18.3 Å². The molecule has 4 heteroatoms. The molecular formula is C11H18N4. The highest BCUT2D eigenvalue weighted by Crippen LogP contribution is 2.11. The molecule has 2 heterocycles. The Morgan fingerprint density at radius 2 is 2.00 bits per heavy atom. The molecular weight excluding hydrogens is 188 g/mol. The van der Waals surface area contributed by atoms with E-state index in [4.69, 9.17) is 0 Å². The third-order valence-corrected chi connectivity index (χ3v) is 2.62. The van der Waals surface area contributed by atoms with Crippen LogP contribution in [0.5, 0.6) is 0 Å². The third-order valence-electron chi connectivity index (χ3n) is 2.62. The van der Waals surface area contributed by atoms with E-state index in [2.05, 4.69) is 27.1 Å². The Morgan fingerprint density at radius 1 is 1.33 bits per heavy atom. The molecule has 0 amide bonds. The van der Waals surface area contributed by atoms with E-state index in [0.29, 0.717) is 6.04 Å². The van der Waals surface area contributed by atoms with Crippen molar-refractivity contribution in [2.24, 2.45) is 0 Å². The molecule has 0 bridgehead atoms. The normalized spacial score (nSPS) is 21.8. The molecule has 1 N–H and O–H groups in total. The summed E-state index contributed by atoms with van der Waals surface area (Å²) in [7, 11) is 0. The fraction of sp³-hybridized carbons (Fsp3) is 0.636. The second-order valence-corrected chi connectivity index (χ2v) is 4.25.